The minimum absolute atomic E-state index is 0.000123. The molecule has 1 saturated carbocycles. The van der Waals surface area contributed by atoms with E-state index in [2.05, 4.69) is 66.7 Å². The number of aliphatic carboxylic acids is 1. The Morgan fingerprint density at radius 3 is 2.34 bits per heavy atom. The van der Waals surface area contributed by atoms with Crippen LogP contribution in [-0.4, -0.2) is 17.7 Å². The zero-order valence-electron chi connectivity index (χ0n) is 19.4. The summed E-state index contributed by atoms with van der Waals surface area (Å²) in [5, 5.41) is 8.90. The van der Waals surface area contributed by atoms with Crippen LogP contribution >= 0.6 is 0 Å². The predicted molar refractivity (Wildman–Crippen MR) is 121 cm³/mol. The molecule has 1 aromatic rings. The highest BCUT2D eigenvalue weighted by molar-refractivity contribution is 5.81. The largest absolute Gasteiger partial charge is 0.493 e. The van der Waals surface area contributed by atoms with E-state index in [0.29, 0.717) is 11.8 Å². The van der Waals surface area contributed by atoms with Crippen LogP contribution in [0.5, 0.6) is 5.75 Å². The van der Waals surface area contributed by atoms with Crippen LogP contribution in [0.15, 0.2) is 35.9 Å². The van der Waals surface area contributed by atoms with Crippen LogP contribution in [0.3, 0.4) is 0 Å². The summed E-state index contributed by atoms with van der Waals surface area (Å²) < 4.78 is 6.33. The molecule has 0 spiro atoms. The Morgan fingerprint density at radius 2 is 1.83 bits per heavy atom. The molecule has 0 aromatic heterocycles. The van der Waals surface area contributed by atoms with Crippen LogP contribution in [0.25, 0.3) is 0 Å². The van der Waals surface area contributed by atoms with Crippen LogP contribution in [0.1, 0.15) is 90.8 Å². The molecule has 0 heterocycles. The third kappa shape index (κ3) is 6.22. The van der Waals surface area contributed by atoms with Gasteiger partial charge in [-0.2, -0.15) is 0 Å². The molecule has 0 saturated heterocycles. The van der Waals surface area contributed by atoms with Gasteiger partial charge < -0.3 is 9.84 Å². The number of hydrogen-bond acceptors (Lipinski definition) is 2. The van der Waals surface area contributed by atoms with Crippen molar-refractivity contribution in [1.29, 1.82) is 0 Å². The van der Waals surface area contributed by atoms with Gasteiger partial charge in [-0.25, -0.2) is 4.79 Å². The van der Waals surface area contributed by atoms with E-state index in [0.717, 1.165) is 30.8 Å². The van der Waals surface area contributed by atoms with E-state index in [-0.39, 0.29) is 10.8 Å². The van der Waals surface area contributed by atoms with Crippen LogP contribution in [0, 0.1) is 5.92 Å². The molecule has 0 unspecified atom stereocenters. The van der Waals surface area contributed by atoms with Crippen LogP contribution in [0.4, 0.5) is 0 Å². The minimum atomic E-state index is -0.901. The van der Waals surface area contributed by atoms with Gasteiger partial charge in [-0.1, -0.05) is 72.8 Å². The lowest BCUT2D eigenvalue weighted by molar-refractivity contribution is -0.131. The fourth-order valence-electron chi connectivity index (χ4n) is 3.59. The van der Waals surface area contributed by atoms with E-state index in [9.17, 15) is 4.79 Å². The molecule has 1 aromatic carbocycles. The number of carbonyl (C=O) groups is 1. The molecule has 1 aliphatic carbocycles. The maximum absolute atomic E-state index is 10.8. The Labute approximate surface area is 176 Å². The molecule has 0 radical (unpaired) electrons. The summed E-state index contributed by atoms with van der Waals surface area (Å²) in [5.41, 5.74) is 4.77. The number of carboxylic acids is 1. The molecule has 1 N–H and O–H groups in total. The summed E-state index contributed by atoms with van der Waals surface area (Å²) in [6, 6.07) is 4.68. The SMILES string of the molecule is CCCOc1c([C@@H]2C[C@@H]2/C=C/C(C)=C/C(=O)O)cc(C(C)(C)C)cc1C(C)(C)C. The number of allylic oxidation sites excluding steroid dienone is 3. The minimum Gasteiger partial charge on any atom is -0.493 e. The molecule has 1 fully saturated rings. The predicted octanol–water partition coefficient (Wildman–Crippen LogP) is 6.76. The van der Waals surface area contributed by atoms with E-state index in [1.54, 1.807) is 0 Å². The lowest BCUT2D eigenvalue weighted by Gasteiger charge is -2.29. The summed E-state index contributed by atoms with van der Waals surface area (Å²) in [5.74, 6) is 1.02. The van der Waals surface area contributed by atoms with Crippen molar-refractivity contribution < 1.29 is 14.6 Å². The monoisotopic (exact) mass is 398 g/mol. The zero-order chi connectivity index (χ0) is 22.0. The highest BCUT2D eigenvalue weighted by Crippen LogP contribution is 2.54. The Bertz CT molecular complexity index is 800. The van der Waals surface area contributed by atoms with Crippen molar-refractivity contribution in [1.82, 2.24) is 0 Å². The van der Waals surface area contributed by atoms with Crippen molar-refractivity contribution in [2.45, 2.75) is 85.0 Å². The van der Waals surface area contributed by atoms with Crippen molar-refractivity contribution in [2.75, 3.05) is 6.61 Å². The lowest BCUT2D eigenvalue weighted by Crippen LogP contribution is -2.19. The smallest absolute Gasteiger partial charge is 0.328 e. The van der Waals surface area contributed by atoms with Crippen molar-refractivity contribution in [2.24, 2.45) is 5.92 Å². The van der Waals surface area contributed by atoms with E-state index < -0.39 is 5.97 Å². The number of hydrogen-bond donors (Lipinski definition) is 1. The van der Waals surface area contributed by atoms with Gasteiger partial charge >= 0.3 is 5.97 Å². The third-order valence-corrected chi connectivity index (χ3v) is 5.44. The average molecular weight is 399 g/mol. The van der Waals surface area contributed by atoms with Crippen molar-refractivity contribution in [3.8, 4) is 5.75 Å². The topological polar surface area (TPSA) is 46.5 Å². The van der Waals surface area contributed by atoms with E-state index in [4.69, 9.17) is 9.84 Å². The number of benzene rings is 1. The third-order valence-electron chi connectivity index (χ3n) is 5.44. The van der Waals surface area contributed by atoms with Crippen molar-refractivity contribution >= 4 is 5.97 Å². The molecule has 2 rings (SSSR count). The summed E-state index contributed by atoms with van der Waals surface area (Å²) in [7, 11) is 0. The summed E-state index contributed by atoms with van der Waals surface area (Å²) in [4.78, 5) is 10.8. The van der Waals surface area contributed by atoms with Crippen molar-refractivity contribution in [3.05, 3.63) is 52.6 Å². The summed E-state index contributed by atoms with van der Waals surface area (Å²) >= 11 is 0. The Morgan fingerprint density at radius 1 is 1.17 bits per heavy atom. The van der Waals surface area contributed by atoms with Gasteiger partial charge in [-0.3, -0.25) is 0 Å². The van der Waals surface area contributed by atoms with E-state index in [1.807, 2.05) is 13.0 Å². The van der Waals surface area contributed by atoms with Crippen molar-refractivity contribution in [3.63, 3.8) is 0 Å². The first-order valence-corrected chi connectivity index (χ1v) is 10.8. The fourth-order valence-corrected chi connectivity index (χ4v) is 3.59. The Balaban J connectivity index is 2.47. The van der Waals surface area contributed by atoms with Gasteiger partial charge in [0, 0.05) is 11.6 Å². The number of carboxylic acid groups (broad SMARTS) is 1. The highest BCUT2D eigenvalue weighted by Gasteiger charge is 2.40. The quantitative estimate of drug-likeness (QED) is 0.407. The first-order chi connectivity index (χ1) is 13.3. The lowest BCUT2D eigenvalue weighted by atomic mass is 9.78. The van der Waals surface area contributed by atoms with Gasteiger partial charge in [0.25, 0.3) is 0 Å². The van der Waals surface area contributed by atoms with Gasteiger partial charge in [0.05, 0.1) is 6.61 Å². The first kappa shape index (κ1) is 23.3. The second-order valence-electron chi connectivity index (χ2n) is 10.4. The maximum atomic E-state index is 10.8. The van der Waals surface area contributed by atoms with Crippen LogP contribution < -0.4 is 4.74 Å². The maximum Gasteiger partial charge on any atom is 0.328 e. The van der Waals surface area contributed by atoms with Crippen LogP contribution in [0.2, 0.25) is 0 Å². The molecule has 3 nitrogen and oxygen atoms in total. The molecule has 0 aliphatic heterocycles. The second-order valence-corrected chi connectivity index (χ2v) is 10.4. The first-order valence-electron chi connectivity index (χ1n) is 10.8. The Hall–Kier alpha value is -2.03. The highest BCUT2D eigenvalue weighted by atomic mass is 16.5. The van der Waals surface area contributed by atoms with Gasteiger partial charge in [0.15, 0.2) is 0 Å². The normalized spacial score (nSPS) is 20.2. The molecule has 29 heavy (non-hydrogen) atoms. The summed E-state index contributed by atoms with van der Waals surface area (Å²) in [6.07, 6.45) is 7.41. The van der Waals surface area contributed by atoms with Gasteiger partial charge in [0.1, 0.15) is 5.75 Å². The molecule has 160 valence electrons. The molecule has 1 aliphatic rings. The molecule has 0 bridgehead atoms. The summed E-state index contributed by atoms with van der Waals surface area (Å²) in [6.45, 7) is 18.2. The molecular formula is C26H38O3. The fraction of sp³-hybridized carbons (Fsp3) is 0.577. The van der Waals surface area contributed by atoms with Gasteiger partial charge in [0.2, 0.25) is 0 Å². The van der Waals surface area contributed by atoms with Crippen LogP contribution in [-0.2, 0) is 15.6 Å². The molecule has 3 heteroatoms. The molecule has 2 atom stereocenters. The number of ether oxygens (including phenoxy) is 1. The van der Waals surface area contributed by atoms with E-state index >= 15 is 0 Å². The zero-order valence-corrected chi connectivity index (χ0v) is 19.4. The second kappa shape index (κ2) is 8.77. The molecule has 0 amide bonds. The van der Waals surface area contributed by atoms with E-state index in [1.165, 1.54) is 22.8 Å². The molecular weight excluding hydrogens is 360 g/mol. The van der Waals surface area contributed by atoms with Gasteiger partial charge in [-0.15, -0.1) is 0 Å². The standard InChI is InChI=1S/C26H38O3/c1-9-12-29-24-21(20-14-18(20)11-10-17(2)13-23(27)28)15-19(25(3,4)5)16-22(24)26(6,7)8/h10-11,13,15-16,18,20H,9,12,14H2,1-8H3,(H,27,28)/b11-10+,17-13+/t18-,20+/m0/s1. The Kier molecular flexibility index (Phi) is 7.03. The average Bonchev–Trinajstić information content (AvgIpc) is 3.34. The number of rotatable bonds is 7. The van der Waals surface area contributed by atoms with Gasteiger partial charge in [-0.05, 0) is 59.1 Å².